The molecule has 0 amide bonds. The number of aromatic nitrogens is 6. The van der Waals surface area contributed by atoms with Gasteiger partial charge >= 0.3 is 0 Å². The number of rotatable bonds is 0. The number of hydrogen-bond donors (Lipinski definition) is 0. The van der Waals surface area contributed by atoms with Gasteiger partial charge in [0.2, 0.25) is 0 Å². The molecule has 444 valence electrons. The molecule has 0 saturated carbocycles. The van der Waals surface area contributed by atoms with E-state index in [0.717, 1.165) is 50.2 Å². The van der Waals surface area contributed by atoms with E-state index in [-0.39, 0.29) is 0 Å². The van der Waals surface area contributed by atoms with Crippen LogP contribution in [0, 0.1) is 83.1 Å². The normalized spacial score (nSPS) is 9.43. The summed E-state index contributed by atoms with van der Waals surface area (Å²) in [6.45, 7) is 48.9. The summed E-state index contributed by atoms with van der Waals surface area (Å²) < 4.78 is 0. The van der Waals surface area contributed by atoms with Crippen LogP contribution in [0.15, 0.2) is 182 Å². The molecule has 12 aromatic rings. The van der Waals surface area contributed by atoms with Gasteiger partial charge in [-0.3, -0.25) is 29.9 Å². The average Bonchev–Trinajstić information content (AvgIpc) is 3.61. The lowest BCUT2D eigenvalue weighted by Crippen LogP contribution is -1.85. The second-order valence-electron chi connectivity index (χ2n) is 18.9. The van der Waals surface area contributed by atoms with E-state index >= 15 is 0 Å². The van der Waals surface area contributed by atoms with Crippen molar-refractivity contribution in [3.05, 3.63) is 250 Å². The highest BCUT2D eigenvalue weighted by molar-refractivity contribution is 5.85. The van der Waals surface area contributed by atoms with Gasteiger partial charge in [0.15, 0.2) is 0 Å². The van der Waals surface area contributed by atoms with Gasteiger partial charge in [0.25, 0.3) is 0 Å². The molecule has 0 aliphatic carbocycles. The Hall–Kier alpha value is -8.22. The van der Waals surface area contributed by atoms with Gasteiger partial charge in [-0.25, -0.2) is 0 Å². The molecule has 0 N–H and O–H groups in total. The summed E-state index contributed by atoms with van der Waals surface area (Å²) in [5.74, 6) is 0. The minimum Gasteiger partial charge on any atom is -0.256 e. The molecular weight excluding hydrogens is 1020 g/mol. The molecule has 0 saturated heterocycles. The molecule has 0 aliphatic rings. The highest BCUT2D eigenvalue weighted by atomic mass is 14.7. The van der Waals surface area contributed by atoms with Gasteiger partial charge in [-0.05, 0) is 200 Å². The van der Waals surface area contributed by atoms with Crippen LogP contribution < -0.4 is 0 Å². The maximum Gasteiger partial charge on any atom is 0.0731 e. The second kappa shape index (κ2) is 40.9. The number of aryl methyl sites for hydroxylation is 12. The van der Waals surface area contributed by atoms with E-state index in [4.69, 9.17) is 0 Å². The van der Waals surface area contributed by atoms with Gasteiger partial charge in [0, 0.05) is 68.0 Å². The molecule has 6 aromatic heterocycles. The Kier molecular flexibility index (Phi) is 35.9. The number of para-hydroxylation sites is 2. The third kappa shape index (κ3) is 23.9. The van der Waals surface area contributed by atoms with Crippen molar-refractivity contribution < 1.29 is 0 Å². The van der Waals surface area contributed by atoms with Gasteiger partial charge in [-0.15, -0.1) is 0 Å². The van der Waals surface area contributed by atoms with Crippen LogP contribution in [0.2, 0.25) is 0 Å². The molecular formula is C78H102N6. The molecule has 0 unspecified atom stereocenters. The highest BCUT2D eigenvalue weighted by Crippen LogP contribution is 2.20. The number of pyridine rings is 6. The maximum atomic E-state index is 4.44. The third-order valence-corrected chi connectivity index (χ3v) is 12.2. The number of fused-ring (bicyclic) bond motifs is 6. The Balaban J connectivity index is 0.000000486. The van der Waals surface area contributed by atoms with Crippen LogP contribution in [-0.2, 0) is 0 Å². The zero-order valence-electron chi connectivity index (χ0n) is 56.0. The molecule has 6 heteroatoms. The first-order chi connectivity index (χ1) is 40.6. The largest absolute Gasteiger partial charge is 0.256 e. The summed E-state index contributed by atoms with van der Waals surface area (Å²) in [5, 5.41) is 7.44. The minimum absolute atomic E-state index is 1.08. The molecule has 0 spiro atoms. The van der Waals surface area contributed by atoms with Crippen molar-refractivity contribution in [3.8, 4) is 0 Å². The molecule has 6 aromatic carbocycles. The van der Waals surface area contributed by atoms with Crippen molar-refractivity contribution in [2.45, 2.75) is 166 Å². The van der Waals surface area contributed by atoms with Crippen molar-refractivity contribution in [1.82, 2.24) is 29.9 Å². The van der Waals surface area contributed by atoms with Gasteiger partial charge in [0.1, 0.15) is 0 Å². The van der Waals surface area contributed by atoms with Crippen molar-refractivity contribution in [2.24, 2.45) is 0 Å². The first-order valence-electron chi connectivity index (χ1n) is 30.6. The molecule has 12 rings (SSSR count). The SMILES string of the molecule is CC.CC.CC.CC.CC.CC.Cc1cc(C)c2ccccc2n1.Cc1ccc2c(C)cccc2n1.Cc1ccc2c(C)cccc2n1.Cc1ccc2ncc(C)cc2c1.Cc1cnc2c(C)cccc2c1.Cc1cnc2cc(C)ccc2c1. The van der Waals surface area contributed by atoms with Crippen LogP contribution in [0.3, 0.4) is 0 Å². The molecule has 0 atom stereocenters. The van der Waals surface area contributed by atoms with Crippen molar-refractivity contribution in [3.63, 3.8) is 0 Å². The lowest BCUT2D eigenvalue weighted by atomic mass is 10.1. The standard InChI is InChI=1S/6C11H11N.6C2H6/c1-8-3-4-10-5-9(2)7-12-11(10)6-8;1-8-3-4-11-10(5-8)6-9(2)7-12-11;1-8-6-10-5-3-4-9(2)11(10)12-7-8;2*1-8-4-3-5-11-10(8)7-6-9(2)12-11;1-8-7-9(2)12-11-6-4-3-5-10(8)11;6*1-2/h6*3-7H,1-2H3;6*1-2H3. The summed E-state index contributed by atoms with van der Waals surface area (Å²) in [6, 6.07) is 56.5. The van der Waals surface area contributed by atoms with Crippen molar-refractivity contribution >= 4 is 65.4 Å². The summed E-state index contributed by atoms with van der Waals surface area (Å²) in [5.41, 5.74) is 21.1. The zero-order chi connectivity index (χ0) is 63.3. The number of benzene rings is 6. The van der Waals surface area contributed by atoms with Crippen LogP contribution in [0.1, 0.15) is 150 Å². The first kappa shape index (κ1) is 73.8. The fourth-order valence-corrected chi connectivity index (χ4v) is 8.47. The monoisotopic (exact) mass is 1120 g/mol. The van der Waals surface area contributed by atoms with Gasteiger partial charge in [-0.2, -0.15) is 0 Å². The number of nitrogens with zero attached hydrogens (tertiary/aromatic N) is 6. The highest BCUT2D eigenvalue weighted by Gasteiger charge is 2.01. The second-order valence-corrected chi connectivity index (χ2v) is 18.9. The Labute approximate surface area is 508 Å². The molecule has 6 heterocycles. The maximum absolute atomic E-state index is 4.44. The fourth-order valence-electron chi connectivity index (χ4n) is 8.47. The van der Waals surface area contributed by atoms with Crippen LogP contribution in [0.5, 0.6) is 0 Å². The summed E-state index contributed by atoms with van der Waals surface area (Å²) in [4.78, 5) is 26.4. The molecule has 0 aliphatic heterocycles. The van der Waals surface area contributed by atoms with E-state index < -0.39 is 0 Å². The van der Waals surface area contributed by atoms with E-state index in [1.807, 2.05) is 147 Å². The zero-order valence-corrected chi connectivity index (χ0v) is 56.0. The lowest BCUT2D eigenvalue weighted by Gasteiger charge is -2.01. The molecule has 0 bridgehead atoms. The average molecular weight is 1120 g/mol. The van der Waals surface area contributed by atoms with Crippen molar-refractivity contribution in [1.29, 1.82) is 0 Å². The first-order valence-corrected chi connectivity index (χ1v) is 30.6. The van der Waals surface area contributed by atoms with Crippen molar-refractivity contribution in [2.75, 3.05) is 0 Å². The Bertz CT molecular complexity index is 3480. The van der Waals surface area contributed by atoms with E-state index in [0.29, 0.717) is 0 Å². The van der Waals surface area contributed by atoms with E-state index in [2.05, 4.69) is 232 Å². The van der Waals surface area contributed by atoms with Gasteiger partial charge in [-0.1, -0.05) is 180 Å². The molecule has 84 heavy (non-hydrogen) atoms. The number of hydrogen-bond acceptors (Lipinski definition) is 6. The fraction of sp³-hybridized carbons (Fsp3) is 0.308. The quantitative estimate of drug-likeness (QED) is 0.151. The van der Waals surface area contributed by atoms with E-state index in [1.165, 1.54) is 82.4 Å². The van der Waals surface area contributed by atoms with Gasteiger partial charge in [0.05, 0.1) is 33.1 Å². The van der Waals surface area contributed by atoms with Crippen LogP contribution >= 0.6 is 0 Å². The minimum atomic E-state index is 1.08. The summed E-state index contributed by atoms with van der Waals surface area (Å²) in [7, 11) is 0. The van der Waals surface area contributed by atoms with Crippen LogP contribution in [0.25, 0.3) is 65.4 Å². The van der Waals surface area contributed by atoms with Gasteiger partial charge < -0.3 is 0 Å². The van der Waals surface area contributed by atoms with Crippen LogP contribution in [-0.4, -0.2) is 29.9 Å². The molecule has 6 nitrogen and oxygen atoms in total. The predicted molar refractivity (Wildman–Crippen MR) is 375 cm³/mol. The Morgan fingerprint density at radius 3 is 1.17 bits per heavy atom. The predicted octanol–water partition coefficient (Wildman–Crippen LogP) is 23.3. The summed E-state index contributed by atoms with van der Waals surface area (Å²) in [6.07, 6.45) is 5.72. The Morgan fingerprint density at radius 1 is 0.226 bits per heavy atom. The smallest absolute Gasteiger partial charge is 0.0731 e. The lowest BCUT2D eigenvalue weighted by molar-refractivity contribution is 1.23. The van der Waals surface area contributed by atoms with E-state index in [9.17, 15) is 0 Å². The molecule has 0 fully saturated rings. The Morgan fingerprint density at radius 2 is 0.619 bits per heavy atom. The van der Waals surface area contributed by atoms with Crippen LogP contribution in [0.4, 0.5) is 0 Å². The molecule has 0 radical (unpaired) electrons. The summed E-state index contributed by atoms with van der Waals surface area (Å²) >= 11 is 0. The van der Waals surface area contributed by atoms with E-state index in [1.54, 1.807) is 0 Å². The topological polar surface area (TPSA) is 77.3 Å². The third-order valence-electron chi connectivity index (χ3n) is 12.2.